The summed E-state index contributed by atoms with van der Waals surface area (Å²) >= 11 is 0. The Kier molecular flexibility index (Phi) is 64.4. The molecular formula is C77H120O6. The normalized spacial score (nSPS) is 13.3. The van der Waals surface area contributed by atoms with E-state index < -0.39 is 6.10 Å². The molecule has 0 aromatic heterocycles. The van der Waals surface area contributed by atoms with Gasteiger partial charge in [0.05, 0.1) is 0 Å². The summed E-state index contributed by atoms with van der Waals surface area (Å²) < 4.78 is 16.7. The first-order valence-electron chi connectivity index (χ1n) is 33.3. The molecule has 0 bridgehead atoms. The fourth-order valence-corrected chi connectivity index (χ4v) is 8.50. The lowest BCUT2D eigenvalue weighted by Gasteiger charge is -2.18. The molecule has 1 atom stereocenters. The summed E-state index contributed by atoms with van der Waals surface area (Å²) in [4.78, 5) is 38.0. The maximum absolute atomic E-state index is 12.8. The number of carbonyl (C=O) groups is 3. The van der Waals surface area contributed by atoms with Crippen molar-refractivity contribution in [3.63, 3.8) is 0 Å². The second-order valence-corrected chi connectivity index (χ2v) is 21.3. The van der Waals surface area contributed by atoms with Gasteiger partial charge in [0.1, 0.15) is 13.2 Å². The second kappa shape index (κ2) is 69.0. The minimum atomic E-state index is -0.799. The van der Waals surface area contributed by atoms with Crippen LogP contribution in [0, 0.1) is 0 Å². The summed E-state index contributed by atoms with van der Waals surface area (Å²) in [5, 5.41) is 0. The van der Waals surface area contributed by atoms with Crippen LogP contribution in [0.1, 0.15) is 265 Å². The van der Waals surface area contributed by atoms with Crippen molar-refractivity contribution in [2.24, 2.45) is 0 Å². The Morgan fingerprint density at radius 1 is 0.253 bits per heavy atom. The molecule has 0 heterocycles. The molecule has 83 heavy (non-hydrogen) atoms. The lowest BCUT2D eigenvalue weighted by Crippen LogP contribution is -2.30. The van der Waals surface area contributed by atoms with Gasteiger partial charge in [-0.1, -0.05) is 287 Å². The Labute approximate surface area is 510 Å². The summed E-state index contributed by atoms with van der Waals surface area (Å²) in [6.07, 6.45) is 104. The fourth-order valence-electron chi connectivity index (χ4n) is 8.50. The monoisotopic (exact) mass is 1140 g/mol. The highest BCUT2D eigenvalue weighted by Gasteiger charge is 2.19. The summed E-state index contributed by atoms with van der Waals surface area (Å²) in [6.45, 7) is 6.29. The fraction of sp³-hybridized carbons (Fsp3) is 0.571. The maximum atomic E-state index is 12.8. The van der Waals surface area contributed by atoms with Gasteiger partial charge in [0.15, 0.2) is 6.10 Å². The third-order valence-corrected chi connectivity index (χ3v) is 13.4. The molecule has 0 aromatic rings. The third-order valence-electron chi connectivity index (χ3n) is 13.4. The topological polar surface area (TPSA) is 78.9 Å². The first-order valence-corrected chi connectivity index (χ1v) is 33.3. The largest absolute Gasteiger partial charge is 0.462 e. The van der Waals surface area contributed by atoms with Crippen molar-refractivity contribution < 1.29 is 28.6 Å². The Bertz CT molecular complexity index is 1940. The molecule has 0 radical (unpaired) electrons. The molecule has 1 unspecified atom stereocenters. The molecule has 0 aliphatic heterocycles. The Morgan fingerprint density at radius 3 is 0.735 bits per heavy atom. The van der Waals surface area contributed by atoms with Crippen molar-refractivity contribution in [2.75, 3.05) is 13.2 Å². The van der Waals surface area contributed by atoms with Crippen molar-refractivity contribution in [2.45, 2.75) is 271 Å². The van der Waals surface area contributed by atoms with Crippen LogP contribution in [0.4, 0.5) is 0 Å². The van der Waals surface area contributed by atoms with Gasteiger partial charge in [-0.05, 0) is 141 Å². The molecule has 0 spiro atoms. The number of allylic oxidation sites excluding steroid dienone is 30. The minimum absolute atomic E-state index is 0.0966. The minimum Gasteiger partial charge on any atom is -0.462 e. The van der Waals surface area contributed by atoms with E-state index in [1.54, 1.807) is 0 Å². The zero-order valence-electron chi connectivity index (χ0n) is 53.1. The summed E-state index contributed by atoms with van der Waals surface area (Å²) in [6, 6.07) is 0. The van der Waals surface area contributed by atoms with Crippen LogP contribution in [0.15, 0.2) is 182 Å². The molecule has 6 heteroatoms. The molecule has 0 aliphatic carbocycles. The van der Waals surface area contributed by atoms with E-state index in [0.29, 0.717) is 19.3 Å². The molecule has 0 aliphatic rings. The van der Waals surface area contributed by atoms with Gasteiger partial charge >= 0.3 is 17.9 Å². The van der Waals surface area contributed by atoms with E-state index in [0.717, 1.165) is 186 Å². The number of hydrogen-bond donors (Lipinski definition) is 0. The zero-order chi connectivity index (χ0) is 59.9. The molecule has 0 fully saturated rings. The Balaban J connectivity index is 4.16. The van der Waals surface area contributed by atoms with Gasteiger partial charge in [-0.15, -0.1) is 0 Å². The van der Waals surface area contributed by atoms with Gasteiger partial charge in [0, 0.05) is 19.3 Å². The van der Waals surface area contributed by atoms with Gasteiger partial charge in [-0.2, -0.15) is 0 Å². The van der Waals surface area contributed by atoms with Crippen molar-refractivity contribution >= 4 is 17.9 Å². The predicted octanol–water partition coefficient (Wildman–Crippen LogP) is 23.2. The van der Waals surface area contributed by atoms with Crippen LogP contribution in [0.5, 0.6) is 0 Å². The second-order valence-electron chi connectivity index (χ2n) is 21.3. The summed E-state index contributed by atoms with van der Waals surface area (Å²) in [5.41, 5.74) is 0. The first-order chi connectivity index (χ1) is 41.0. The van der Waals surface area contributed by atoms with E-state index in [1.165, 1.54) is 38.5 Å². The molecule has 0 N–H and O–H groups in total. The number of esters is 3. The summed E-state index contributed by atoms with van der Waals surface area (Å²) in [7, 11) is 0. The van der Waals surface area contributed by atoms with Gasteiger partial charge in [0.25, 0.3) is 0 Å². The average Bonchev–Trinajstić information content (AvgIpc) is 3.49. The van der Waals surface area contributed by atoms with Crippen LogP contribution in [0.2, 0.25) is 0 Å². The van der Waals surface area contributed by atoms with E-state index in [1.807, 2.05) is 0 Å². The molecule has 0 saturated heterocycles. The van der Waals surface area contributed by atoms with Crippen LogP contribution in [-0.2, 0) is 28.6 Å². The first kappa shape index (κ1) is 77.5. The molecule has 0 amide bonds. The molecule has 0 saturated carbocycles. The van der Waals surface area contributed by atoms with Gasteiger partial charge in [-0.3, -0.25) is 14.4 Å². The van der Waals surface area contributed by atoms with Crippen LogP contribution in [-0.4, -0.2) is 37.2 Å². The zero-order valence-corrected chi connectivity index (χ0v) is 53.1. The lowest BCUT2D eigenvalue weighted by molar-refractivity contribution is -0.167. The number of rotatable bonds is 58. The van der Waals surface area contributed by atoms with Gasteiger partial charge in [-0.25, -0.2) is 0 Å². The van der Waals surface area contributed by atoms with Crippen molar-refractivity contribution in [1.82, 2.24) is 0 Å². The SMILES string of the molecule is CC/C=C\C/C=C\C/C=C\C/C=C\C/C=C\C/C=C\C/C=C\C/C=C\C/C=C\C/C=C\CCCCCCC(=O)OCC(COC(=O)CCCCCCC)OC(=O)CCCCCCCCCCC/C=C\C/C=C\C/C=C\C/C=C\C/C=C\CC. The average molecular weight is 1140 g/mol. The van der Waals surface area contributed by atoms with E-state index in [4.69, 9.17) is 14.2 Å². The molecule has 464 valence electrons. The number of hydrogen-bond acceptors (Lipinski definition) is 6. The van der Waals surface area contributed by atoms with Crippen LogP contribution >= 0.6 is 0 Å². The standard InChI is InChI=1S/C77H120O6/c1-4-7-10-13-15-17-19-21-23-25-27-29-31-33-34-35-36-37-38-39-40-41-42-44-45-47-49-51-53-55-57-59-61-64-67-70-76(79)82-73-74(72-81-75(78)69-66-63-12-9-6-3)83-77(80)71-68-65-62-60-58-56-54-52-50-48-46-43-32-30-28-26-24-22-20-18-16-14-11-8-5-2/h7-8,10-11,15-18,21-24,27-30,33-34,36-37,39-40,42-44,46-47,49,53,55,74H,4-6,9,12-14,19-20,25-26,31-32,35,38,41,45,48,50-52,54,56-73H2,1-3H3/b10-7-,11-8-,17-15-,18-16-,23-21-,24-22-,29-27-,30-28-,34-33-,37-36-,40-39-,44-42-,46-43-,49-47-,55-53-. The summed E-state index contributed by atoms with van der Waals surface area (Å²) in [5.74, 6) is -0.949. The molecule has 6 nitrogen and oxygen atoms in total. The smallest absolute Gasteiger partial charge is 0.306 e. The van der Waals surface area contributed by atoms with Gasteiger partial charge in [0.2, 0.25) is 0 Å². The van der Waals surface area contributed by atoms with E-state index in [2.05, 4.69) is 203 Å². The number of ether oxygens (including phenoxy) is 3. The van der Waals surface area contributed by atoms with E-state index >= 15 is 0 Å². The number of unbranched alkanes of at least 4 members (excludes halogenated alkanes) is 17. The van der Waals surface area contributed by atoms with Crippen molar-refractivity contribution in [3.8, 4) is 0 Å². The van der Waals surface area contributed by atoms with Gasteiger partial charge < -0.3 is 14.2 Å². The van der Waals surface area contributed by atoms with Crippen molar-refractivity contribution in [3.05, 3.63) is 182 Å². The highest BCUT2D eigenvalue weighted by atomic mass is 16.6. The molecular weight excluding hydrogens is 1020 g/mol. The van der Waals surface area contributed by atoms with E-state index in [-0.39, 0.29) is 31.1 Å². The highest BCUT2D eigenvalue weighted by Crippen LogP contribution is 2.14. The Hall–Kier alpha value is -5.49. The predicted molar refractivity (Wildman–Crippen MR) is 361 cm³/mol. The Morgan fingerprint density at radius 2 is 0.470 bits per heavy atom. The van der Waals surface area contributed by atoms with Crippen LogP contribution in [0.3, 0.4) is 0 Å². The van der Waals surface area contributed by atoms with Crippen molar-refractivity contribution in [1.29, 1.82) is 0 Å². The maximum Gasteiger partial charge on any atom is 0.306 e. The van der Waals surface area contributed by atoms with E-state index in [9.17, 15) is 14.4 Å². The van der Waals surface area contributed by atoms with Crippen LogP contribution < -0.4 is 0 Å². The number of carbonyl (C=O) groups excluding carboxylic acids is 3. The highest BCUT2D eigenvalue weighted by molar-refractivity contribution is 5.71. The quantitative estimate of drug-likeness (QED) is 0.0261. The van der Waals surface area contributed by atoms with Crippen LogP contribution in [0.25, 0.3) is 0 Å². The lowest BCUT2D eigenvalue weighted by atomic mass is 10.1. The molecule has 0 rings (SSSR count). The molecule has 0 aromatic carbocycles. The third kappa shape index (κ3) is 67.2.